The Labute approximate surface area is 260 Å². The van der Waals surface area contributed by atoms with Crippen LogP contribution in [0.4, 0.5) is 5.13 Å². The lowest BCUT2D eigenvalue weighted by molar-refractivity contribution is -0.132. The number of carbonyl (C=O) groups is 2. The number of rotatable bonds is 7. The average molecular weight is 624 g/mol. The van der Waals surface area contributed by atoms with Crippen LogP contribution in [0.25, 0.3) is 16.5 Å². The quantitative estimate of drug-likeness (QED) is 0.0725. The second kappa shape index (κ2) is 11.7. The molecule has 1 fully saturated rings. The maximum Gasteiger partial charge on any atom is 0.301 e. The molecule has 1 atom stereocenters. The van der Waals surface area contributed by atoms with E-state index in [1.165, 1.54) is 28.0 Å². The van der Waals surface area contributed by atoms with E-state index in [4.69, 9.17) is 14.2 Å². The highest BCUT2D eigenvalue weighted by Gasteiger charge is 2.48. The Hall–Kier alpha value is -4.87. The molecule has 9 nitrogen and oxygen atoms in total. The van der Waals surface area contributed by atoms with Crippen LogP contribution < -0.4 is 19.1 Å². The number of hydrogen-bond acceptors (Lipinski definition) is 10. The zero-order chi connectivity index (χ0) is 30.2. The van der Waals surface area contributed by atoms with Crippen molar-refractivity contribution in [2.24, 2.45) is 0 Å². The van der Waals surface area contributed by atoms with E-state index in [1.54, 1.807) is 49.6 Å². The Kier molecular flexibility index (Phi) is 7.41. The molecule has 0 saturated carbocycles. The molecule has 4 aromatic carbocycles. The van der Waals surface area contributed by atoms with Gasteiger partial charge in [-0.15, -0.1) is 10.2 Å². The summed E-state index contributed by atoms with van der Waals surface area (Å²) in [6.45, 7) is 0.788. The first-order valence-electron chi connectivity index (χ1n) is 13.8. The van der Waals surface area contributed by atoms with E-state index in [0.29, 0.717) is 51.7 Å². The average Bonchev–Trinajstić information content (AvgIpc) is 3.64. The van der Waals surface area contributed by atoms with Crippen LogP contribution in [-0.4, -0.2) is 47.3 Å². The molecule has 0 spiro atoms. The summed E-state index contributed by atoms with van der Waals surface area (Å²) < 4.78 is 17.2. The molecule has 0 aliphatic carbocycles. The fraction of sp³-hybridized carbons (Fsp3) is 0.152. The summed E-state index contributed by atoms with van der Waals surface area (Å²) in [6.07, 6.45) is 0. The van der Waals surface area contributed by atoms with Crippen molar-refractivity contribution in [3.8, 4) is 17.2 Å². The number of amides is 1. The van der Waals surface area contributed by atoms with Crippen LogP contribution in [0.2, 0.25) is 0 Å². The first-order chi connectivity index (χ1) is 21.5. The Morgan fingerprint density at radius 2 is 1.75 bits per heavy atom. The van der Waals surface area contributed by atoms with E-state index in [2.05, 4.69) is 34.5 Å². The van der Waals surface area contributed by atoms with Crippen LogP contribution in [0.15, 0.2) is 94.8 Å². The second-order valence-corrected chi connectivity index (χ2v) is 12.3. The number of nitrogens with zero attached hydrogens (tertiary/aromatic N) is 3. The van der Waals surface area contributed by atoms with Crippen molar-refractivity contribution < 1.29 is 28.9 Å². The molecule has 220 valence electrons. The van der Waals surface area contributed by atoms with Crippen molar-refractivity contribution in [1.29, 1.82) is 0 Å². The molecule has 0 bridgehead atoms. The SMILES string of the molecule is COc1ccc(C2C(=C(O)c3ccc4c(c3)OCCO4)C(=O)C(=O)N2c2nnc(SCc3cccc4ccccc34)s2)cc1. The van der Waals surface area contributed by atoms with Crippen molar-refractivity contribution in [3.63, 3.8) is 0 Å². The number of hydrogen-bond donors (Lipinski definition) is 1. The zero-order valence-corrected chi connectivity index (χ0v) is 25.1. The van der Waals surface area contributed by atoms with Gasteiger partial charge >= 0.3 is 5.91 Å². The van der Waals surface area contributed by atoms with Gasteiger partial charge in [-0.3, -0.25) is 14.5 Å². The van der Waals surface area contributed by atoms with Crippen molar-refractivity contribution in [3.05, 3.63) is 107 Å². The first-order valence-corrected chi connectivity index (χ1v) is 15.6. The number of ketones is 1. The molecular formula is C33H25N3O6S2. The molecule has 11 heteroatoms. The van der Waals surface area contributed by atoms with Gasteiger partial charge in [0.05, 0.1) is 18.7 Å². The van der Waals surface area contributed by atoms with E-state index in [9.17, 15) is 14.7 Å². The molecule has 1 saturated heterocycles. The minimum atomic E-state index is -0.946. The van der Waals surface area contributed by atoms with Crippen LogP contribution in [0.1, 0.15) is 22.7 Å². The van der Waals surface area contributed by atoms with Gasteiger partial charge < -0.3 is 19.3 Å². The third-order valence-electron chi connectivity index (χ3n) is 7.52. The van der Waals surface area contributed by atoms with Crippen LogP contribution >= 0.6 is 23.1 Å². The van der Waals surface area contributed by atoms with E-state index < -0.39 is 17.7 Å². The highest BCUT2D eigenvalue weighted by Crippen LogP contribution is 2.45. The molecule has 7 rings (SSSR count). The topological polar surface area (TPSA) is 111 Å². The molecule has 1 aromatic heterocycles. The number of carbonyl (C=O) groups excluding carboxylic acids is 2. The van der Waals surface area contributed by atoms with E-state index >= 15 is 0 Å². The van der Waals surface area contributed by atoms with Crippen molar-refractivity contribution in [2.45, 2.75) is 16.1 Å². The van der Waals surface area contributed by atoms with Crippen LogP contribution in [-0.2, 0) is 15.3 Å². The number of aliphatic hydroxyl groups excluding tert-OH is 1. The number of benzene rings is 4. The molecule has 1 N–H and O–H groups in total. The molecule has 1 unspecified atom stereocenters. The number of anilines is 1. The lowest BCUT2D eigenvalue weighted by Crippen LogP contribution is -2.29. The Bertz CT molecular complexity index is 1930. The van der Waals surface area contributed by atoms with Crippen molar-refractivity contribution in [2.75, 3.05) is 25.2 Å². The highest BCUT2D eigenvalue weighted by molar-refractivity contribution is 8.00. The van der Waals surface area contributed by atoms with Gasteiger partial charge in [-0.1, -0.05) is 77.7 Å². The summed E-state index contributed by atoms with van der Waals surface area (Å²) >= 11 is 2.73. The Morgan fingerprint density at radius 1 is 0.977 bits per heavy atom. The molecule has 0 radical (unpaired) electrons. The molecule has 5 aromatic rings. The summed E-state index contributed by atoms with van der Waals surface area (Å²) in [6, 6.07) is 25.3. The van der Waals surface area contributed by atoms with E-state index in [1.807, 2.05) is 18.2 Å². The molecule has 1 amide bonds. The smallest absolute Gasteiger partial charge is 0.301 e. The van der Waals surface area contributed by atoms with E-state index in [0.717, 1.165) is 16.3 Å². The number of Topliss-reactive ketones (excluding diaryl/α,β-unsaturated/α-hetero) is 1. The Balaban J connectivity index is 1.25. The molecule has 2 aliphatic rings. The van der Waals surface area contributed by atoms with Gasteiger partial charge in [0.1, 0.15) is 24.7 Å². The summed E-state index contributed by atoms with van der Waals surface area (Å²) in [4.78, 5) is 28.5. The molecule has 2 aliphatic heterocycles. The maximum atomic E-state index is 13.6. The minimum absolute atomic E-state index is 0.0583. The van der Waals surface area contributed by atoms with Crippen molar-refractivity contribution >= 4 is 56.5 Å². The predicted octanol–water partition coefficient (Wildman–Crippen LogP) is 6.39. The molecule has 3 heterocycles. The lowest BCUT2D eigenvalue weighted by atomic mass is 9.95. The number of thioether (sulfide) groups is 1. The van der Waals surface area contributed by atoms with Crippen LogP contribution in [0, 0.1) is 0 Å². The van der Waals surface area contributed by atoms with Crippen LogP contribution in [0.3, 0.4) is 0 Å². The van der Waals surface area contributed by atoms with Crippen LogP contribution in [0.5, 0.6) is 17.2 Å². The fourth-order valence-electron chi connectivity index (χ4n) is 5.39. The number of methoxy groups -OCH3 is 1. The standard InChI is InChI=1S/C33H25N3O6S2/c1-40-23-12-9-20(10-13-23)28-27(29(37)21-11-14-25-26(17-21)42-16-15-41-25)30(38)31(39)36(28)32-34-35-33(44-32)43-18-22-7-4-6-19-5-2-3-8-24(19)22/h2-14,17,28,37H,15-16,18H2,1H3. The normalized spacial score (nSPS) is 17.3. The second-order valence-electron chi connectivity index (χ2n) is 10.1. The van der Waals surface area contributed by atoms with E-state index in [-0.39, 0.29) is 16.5 Å². The third-order valence-corrected chi connectivity index (χ3v) is 9.63. The number of aromatic nitrogens is 2. The molecule has 44 heavy (non-hydrogen) atoms. The Morgan fingerprint density at radius 3 is 2.57 bits per heavy atom. The summed E-state index contributed by atoms with van der Waals surface area (Å²) in [5.74, 6) is 0.319. The van der Waals surface area contributed by atoms with Gasteiger partial charge in [0.25, 0.3) is 5.78 Å². The van der Waals surface area contributed by atoms with Gasteiger partial charge in [-0.25, -0.2) is 0 Å². The van der Waals surface area contributed by atoms with Gasteiger partial charge in [-0.2, -0.15) is 0 Å². The maximum absolute atomic E-state index is 13.6. The lowest BCUT2D eigenvalue weighted by Gasteiger charge is -2.23. The first kappa shape index (κ1) is 27.9. The third kappa shape index (κ3) is 5.03. The zero-order valence-electron chi connectivity index (χ0n) is 23.4. The monoisotopic (exact) mass is 623 g/mol. The fourth-order valence-corrected chi connectivity index (χ4v) is 7.27. The largest absolute Gasteiger partial charge is 0.507 e. The van der Waals surface area contributed by atoms with Gasteiger partial charge in [-0.05, 0) is 52.2 Å². The molecular weight excluding hydrogens is 599 g/mol. The van der Waals surface area contributed by atoms with Gasteiger partial charge in [0.15, 0.2) is 15.8 Å². The minimum Gasteiger partial charge on any atom is -0.507 e. The number of aliphatic hydroxyl groups is 1. The highest BCUT2D eigenvalue weighted by atomic mass is 32.2. The number of fused-ring (bicyclic) bond motifs is 2. The summed E-state index contributed by atoms with van der Waals surface area (Å²) in [5, 5.41) is 22.8. The number of ether oxygens (including phenoxy) is 3. The van der Waals surface area contributed by atoms with Crippen molar-refractivity contribution in [1.82, 2.24) is 10.2 Å². The summed E-state index contributed by atoms with van der Waals surface area (Å²) in [7, 11) is 1.56. The van der Waals surface area contributed by atoms with Gasteiger partial charge in [0, 0.05) is 11.3 Å². The summed E-state index contributed by atoms with van der Waals surface area (Å²) in [5.41, 5.74) is 2.03. The van der Waals surface area contributed by atoms with Gasteiger partial charge in [0.2, 0.25) is 5.13 Å². The predicted molar refractivity (Wildman–Crippen MR) is 169 cm³/mol.